The van der Waals surface area contributed by atoms with Gasteiger partial charge in [-0.2, -0.15) is 0 Å². The number of non-ortho nitro benzene ring substituents is 2. The second-order valence-electron chi connectivity index (χ2n) is 6.76. The molecular weight excluding hydrogens is 378 g/mol. The van der Waals surface area contributed by atoms with Crippen LogP contribution in [0, 0.1) is 34.1 Å². The summed E-state index contributed by atoms with van der Waals surface area (Å²) in [5, 5.41) is 22.5. The minimum atomic E-state index is -0.763. The van der Waals surface area contributed by atoms with Gasteiger partial charge in [0.15, 0.2) is 0 Å². The molecule has 4 rings (SSSR count). The van der Waals surface area contributed by atoms with Gasteiger partial charge in [0.05, 0.1) is 15.5 Å². The van der Waals surface area contributed by atoms with E-state index in [1.165, 1.54) is 12.1 Å². The van der Waals surface area contributed by atoms with Crippen LogP contribution in [0.2, 0.25) is 0 Å². The quantitative estimate of drug-likeness (QED) is 0.376. The van der Waals surface area contributed by atoms with Gasteiger partial charge in [0, 0.05) is 28.6 Å². The molecule has 1 aliphatic heterocycles. The summed E-state index contributed by atoms with van der Waals surface area (Å²) in [4.78, 5) is 48.7. The van der Waals surface area contributed by atoms with Crippen molar-refractivity contribution in [3.8, 4) is 0 Å². The molecule has 144 valence electrons. The largest absolute Gasteiger partial charge is 0.284 e. The third-order valence-electron chi connectivity index (χ3n) is 4.97. The number of carbonyl (C=O) groups excluding carboxylic acids is 2. The van der Waals surface area contributed by atoms with Gasteiger partial charge >= 0.3 is 0 Å². The fourth-order valence-electron chi connectivity index (χ4n) is 3.73. The minimum Gasteiger partial charge on any atom is -0.268 e. The van der Waals surface area contributed by atoms with E-state index in [1.807, 2.05) is 13.0 Å². The lowest BCUT2D eigenvalue weighted by atomic mass is 9.91. The lowest BCUT2D eigenvalue weighted by Gasteiger charge is -2.28. The number of amides is 2. The molecule has 3 aromatic rings. The van der Waals surface area contributed by atoms with Crippen molar-refractivity contribution in [2.75, 3.05) is 4.90 Å². The summed E-state index contributed by atoms with van der Waals surface area (Å²) in [5.74, 6) is -1.37. The van der Waals surface area contributed by atoms with Crippen molar-refractivity contribution in [2.24, 2.45) is 0 Å². The number of nitro groups is 2. The Hall–Kier alpha value is -4.14. The molecule has 0 aliphatic carbocycles. The smallest absolute Gasteiger partial charge is 0.268 e. The Balaban J connectivity index is 2.07. The normalized spacial score (nSPS) is 13.1. The summed E-state index contributed by atoms with van der Waals surface area (Å²) in [6, 6.07) is 9.83. The number of anilines is 1. The van der Waals surface area contributed by atoms with Crippen molar-refractivity contribution >= 4 is 39.6 Å². The summed E-state index contributed by atoms with van der Waals surface area (Å²) in [7, 11) is 0. The first kappa shape index (κ1) is 18.2. The zero-order valence-electron chi connectivity index (χ0n) is 15.3. The minimum absolute atomic E-state index is 0.00359. The van der Waals surface area contributed by atoms with Crippen molar-refractivity contribution in [3.63, 3.8) is 0 Å². The van der Waals surface area contributed by atoms with E-state index in [4.69, 9.17) is 0 Å². The third kappa shape index (κ3) is 2.55. The lowest BCUT2D eigenvalue weighted by Crippen LogP contribution is -2.41. The van der Waals surface area contributed by atoms with Crippen LogP contribution in [0.3, 0.4) is 0 Å². The number of imide groups is 1. The number of nitro benzene ring substituents is 2. The van der Waals surface area contributed by atoms with Crippen LogP contribution >= 0.6 is 0 Å². The highest BCUT2D eigenvalue weighted by atomic mass is 16.6. The molecule has 0 saturated carbocycles. The molecule has 9 heteroatoms. The number of nitrogens with zero attached hydrogens (tertiary/aromatic N) is 3. The fourth-order valence-corrected chi connectivity index (χ4v) is 3.73. The number of aryl methyl sites for hydroxylation is 2. The van der Waals surface area contributed by atoms with Crippen LogP contribution in [0.5, 0.6) is 0 Å². The second-order valence-corrected chi connectivity index (χ2v) is 6.76. The molecule has 3 aromatic carbocycles. The van der Waals surface area contributed by atoms with Crippen molar-refractivity contribution in [1.82, 2.24) is 0 Å². The summed E-state index contributed by atoms with van der Waals surface area (Å²) in [5.41, 5.74) is 0.997. The van der Waals surface area contributed by atoms with Gasteiger partial charge in [0.1, 0.15) is 5.39 Å². The molecule has 0 unspecified atom stereocenters. The van der Waals surface area contributed by atoms with E-state index in [0.717, 1.165) is 22.6 Å². The van der Waals surface area contributed by atoms with E-state index in [9.17, 15) is 29.8 Å². The van der Waals surface area contributed by atoms with Crippen molar-refractivity contribution in [3.05, 3.63) is 84.9 Å². The van der Waals surface area contributed by atoms with Gasteiger partial charge in [-0.25, -0.2) is 4.90 Å². The maximum atomic E-state index is 13.2. The highest BCUT2D eigenvalue weighted by molar-refractivity contribution is 6.37. The Morgan fingerprint density at radius 2 is 1.28 bits per heavy atom. The molecule has 2 amide bonds. The van der Waals surface area contributed by atoms with Crippen molar-refractivity contribution < 1.29 is 19.4 Å². The van der Waals surface area contributed by atoms with E-state index in [2.05, 4.69) is 0 Å². The zero-order valence-corrected chi connectivity index (χ0v) is 15.3. The van der Waals surface area contributed by atoms with Crippen LogP contribution in [0.4, 0.5) is 17.1 Å². The van der Waals surface area contributed by atoms with Gasteiger partial charge in [0.2, 0.25) is 0 Å². The van der Waals surface area contributed by atoms with Gasteiger partial charge in [-0.05, 0) is 37.6 Å². The lowest BCUT2D eigenvalue weighted by molar-refractivity contribution is -0.390. The number of hydrogen-bond donors (Lipinski definition) is 0. The average Bonchev–Trinajstić information content (AvgIpc) is 2.66. The Morgan fingerprint density at radius 1 is 0.759 bits per heavy atom. The van der Waals surface area contributed by atoms with E-state index in [0.29, 0.717) is 11.3 Å². The molecule has 0 fully saturated rings. The molecule has 0 N–H and O–H groups in total. The Bertz CT molecular complexity index is 1210. The topological polar surface area (TPSA) is 124 Å². The van der Waals surface area contributed by atoms with Crippen molar-refractivity contribution in [2.45, 2.75) is 13.8 Å². The van der Waals surface area contributed by atoms with Crippen LogP contribution in [0.15, 0.2) is 42.5 Å². The van der Waals surface area contributed by atoms with Gasteiger partial charge in [0.25, 0.3) is 23.2 Å². The summed E-state index contributed by atoms with van der Waals surface area (Å²) in [6.07, 6.45) is 0. The Morgan fingerprint density at radius 3 is 1.72 bits per heavy atom. The molecule has 9 nitrogen and oxygen atoms in total. The molecule has 0 bridgehead atoms. The summed E-state index contributed by atoms with van der Waals surface area (Å²) in [6.45, 7) is 3.64. The zero-order chi connectivity index (χ0) is 21.0. The summed E-state index contributed by atoms with van der Waals surface area (Å²) < 4.78 is 0. The number of hydrogen-bond acceptors (Lipinski definition) is 6. The maximum Gasteiger partial charge on any atom is 0.284 e. The predicted octanol–water partition coefficient (Wildman–Crippen LogP) is 4.07. The average molecular weight is 391 g/mol. The molecular formula is C20H13N3O6. The molecule has 0 spiro atoms. The van der Waals surface area contributed by atoms with Gasteiger partial charge in [-0.15, -0.1) is 0 Å². The maximum absolute atomic E-state index is 13.2. The molecule has 0 radical (unpaired) electrons. The monoisotopic (exact) mass is 391 g/mol. The van der Waals surface area contributed by atoms with Crippen LogP contribution in [-0.2, 0) is 0 Å². The van der Waals surface area contributed by atoms with E-state index in [-0.39, 0.29) is 21.9 Å². The molecule has 1 aliphatic rings. The Labute approximate surface area is 163 Å². The van der Waals surface area contributed by atoms with Gasteiger partial charge < -0.3 is 0 Å². The highest BCUT2D eigenvalue weighted by Crippen LogP contribution is 2.41. The second kappa shape index (κ2) is 6.20. The molecule has 0 aromatic heterocycles. The van der Waals surface area contributed by atoms with E-state index < -0.39 is 33.0 Å². The van der Waals surface area contributed by atoms with E-state index in [1.54, 1.807) is 19.1 Å². The fraction of sp³-hybridized carbons (Fsp3) is 0.100. The first-order chi connectivity index (χ1) is 13.7. The van der Waals surface area contributed by atoms with E-state index >= 15 is 0 Å². The predicted molar refractivity (Wildman–Crippen MR) is 104 cm³/mol. The highest BCUT2D eigenvalue weighted by Gasteiger charge is 2.38. The first-order valence-corrected chi connectivity index (χ1v) is 8.57. The SMILES string of the molecule is Cc1ccc(N2C(=O)c3ccc([N+](=O)[O-])c4c([N+](=O)[O-])ccc(c34)C2=O)c(C)c1. The number of rotatable bonds is 3. The number of carbonyl (C=O) groups is 2. The molecule has 0 saturated heterocycles. The third-order valence-corrected chi connectivity index (χ3v) is 4.97. The van der Waals surface area contributed by atoms with Gasteiger partial charge in [-0.3, -0.25) is 29.8 Å². The Kier molecular flexibility index (Phi) is 3.90. The number of benzene rings is 3. The summed E-state index contributed by atoms with van der Waals surface area (Å²) >= 11 is 0. The van der Waals surface area contributed by atoms with Gasteiger partial charge in [-0.1, -0.05) is 17.7 Å². The van der Waals surface area contributed by atoms with Crippen LogP contribution in [0.1, 0.15) is 31.8 Å². The van der Waals surface area contributed by atoms with Crippen LogP contribution < -0.4 is 4.90 Å². The first-order valence-electron chi connectivity index (χ1n) is 8.57. The van der Waals surface area contributed by atoms with Crippen LogP contribution in [0.25, 0.3) is 10.8 Å². The van der Waals surface area contributed by atoms with Crippen molar-refractivity contribution in [1.29, 1.82) is 0 Å². The molecule has 0 atom stereocenters. The standard InChI is InChI=1S/C20H13N3O6/c1-10-3-6-14(11(2)9-10)21-19(24)12-4-7-15(22(26)27)18-16(23(28)29)8-5-13(17(12)18)20(21)25/h3-9H,1-2H3. The van der Waals surface area contributed by atoms with Crippen LogP contribution in [-0.4, -0.2) is 21.7 Å². The molecule has 29 heavy (non-hydrogen) atoms. The molecule has 1 heterocycles.